The van der Waals surface area contributed by atoms with E-state index in [1.165, 1.54) is 27.8 Å². The van der Waals surface area contributed by atoms with E-state index in [1.807, 2.05) is 7.11 Å². The van der Waals surface area contributed by atoms with E-state index in [4.69, 9.17) is 9.47 Å². The molecule has 1 heterocycles. The number of hydrogen-bond acceptors (Lipinski definition) is 2. The molecule has 2 heteroatoms. The molecule has 0 amide bonds. The third kappa shape index (κ3) is 4.29. The highest BCUT2D eigenvalue weighted by Gasteiger charge is 2.35. The summed E-state index contributed by atoms with van der Waals surface area (Å²) in [5.41, 5.74) is 7.17. The van der Waals surface area contributed by atoms with Gasteiger partial charge < -0.3 is 9.47 Å². The van der Waals surface area contributed by atoms with Crippen molar-refractivity contribution in [2.75, 3.05) is 26.9 Å². The minimum Gasteiger partial charge on any atom is -0.384 e. The first-order valence-corrected chi connectivity index (χ1v) is 10.1. The van der Waals surface area contributed by atoms with Crippen molar-refractivity contribution in [1.29, 1.82) is 0 Å². The van der Waals surface area contributed by atoms with Crippen LogP contribution in [0.4, 0.5) is 0 Å². The fourth-order valence-corrected chi connectivity index (χ4v) is 4.58. The van der Waals surface area contributed by atoms with Gasteiger partial charge in [0.2, 0.25) is 0 Å². The molecule has 1 aliphatic heterocycles. The van der Waals surface area contributed by atoms with Gasteiger partial charge in [-0.25, -0.2) is 0 Å². The van der Waals surface area contributed by atoms with E-state index in [9.17, 15) is 0 Å². The van der Waals surface area contributed by atoms with E-state index in [0.29, 0.717) is 5.92 Å². The molecule has 1 aromatic rings. The predicted molar refractivity (Wildman–Crippen MR) is 109 cm³/mol. The van der Waals surface area contributed by atoms with Crippen LogP contribution in [0.5, 0.6) is 0 Å². The second kappa shape index (κ2) is 8.54. The first kappa shape index (κ1) is 19.4. The lowest BCUT2D eigenvalue weighted by atomic mass is 9.73. The van der Waals surface area contributed by atoms with E-state index in [0.717, 1.165) is 64.8 Å². The Balaban J connectivity index is 2.00. The summed E-state index contributed by atoms with van der Waals surface area (Å²) in [6.07, 6.45) is 7.52. The summed E-state index contributed by atoms with van der Waals surface area (Å²) in [5.74, 6) is 0.516. The zero-order chi connectivity index (χ0) is 18.6. The fraction of sp³-hybridized carbons (Fsp3) is 0.583. The molecule has 3 rings (SSSR count). The zero-order valence-corrected chi connectivity index (χ0v) is 16.6. The monoisotopic (exact) mass is 354 g/mol. The molecule has 0 aromatic heterocycles. The molecule has 2 aliphatic rings. The van der Waals surface area contributed by atoms with Crippen LogP contribution in [0.25, 0.3) is 0 Å². The molecule has 1 aromatic carbocycles. The third-order valence-electron chi connectivity index (χ3n) is 6.28. The number of hydrogen-bond donors (Lipinski definition) is 0. The van der Waals surface area contributed by atoms with E-state index in [2.05, 4.69) is 38.3 Å². The van der Waals surface area contributed by atoms with Crippen molar-refractivity contribution in [2.45, 2.75) is 63.2 Å². The summed E-state index contributed by atoms with van der Waals surface area (Å²) in [7, 11) is 1.82. The van der Waals surface area contributed by atoms with E-state index in [-0.39, 0.29) is 5.41 Å². The fourth-order valence-electron chi connectivity index (χ4n) is 4.58. The average molecular weight is 355 g/mol. The number of benzene rings is 1. The molecular formula is C24H34O2. The second-order valence-electron chi connectivity index (χ2n) is 8.25. The van der Waals surface area contributed by atoms with Gasteiger partial charge in [-0.15, -0.1) is 0 Å². The maximum Gasteiger partial charge on any atom is 0.0560 e. The average Bonchev–Trinajstić information content (AvgIpc) is 2.83. The zero-order valence-electron chi connectivity index (χ0n) is 16.6. The van der Waals surface area contributed by atoms with Crippen molar-refractivity contribution in [1.82, 2.24) is 0 Å². The summed E-state index contributed by atoms with van der Waals surface area (Å²) in [5, 5.41) is 0. The molecule has 0 bridgehead atoms. The highest BCUT2D eigenvalue weighted by molar-refractivity contribution is 5.39. The standard InChI is InChI=1S/C24H34O2/c1-5-20-14-22(21-12-18(2)6-7-19(3)13-21)16-23(15-20)24(17-25-4)8-10-26-11-9-24/h14-16,21H,2-3,5-13,17H2,1,4H3. The first-order valence-electron chi connectivity index (χ1n) is 10.1. The van der Waals surface area contributed by atoms with Gasteiger partial charge >= 0.3 is 0 Å². The Hall–Kier alpha value is -1.38. The molecule has 1 aliphatic carbocycles. The van der Waals surface area contributed by atoms with Crippen LogP contribution in [0.1, 0.15) is 68.1 Å². The lowest BCUT2D eigenvalue weighted by molar-refractivity contribution is 0.0136. The molecule has 0 atom stereocenters. The van der Waals surface area contributed by atoms with Crippen LogP contribution >= 0.6 is 0 Å². The van der Waals surface area contributed by atoms with Gasteiger partial charge in [0, 0.05) is 25.7 Å². The molecule has 2 nitrogen and oxygen atoms in total. The highest BCUT2D eigenvalue weighted by atomic mass is 16.5. The van der Waals surface area contributed by atoms with Gasteiger partial charge in [0.1, 0.15) is 0 Å². The van der Waals surface area contributed by atoms with Gasteiger partial charge in [-0.3, -0.25) is 0 Å². The van der Waals surface area contributed by atoms with Crippen molar-refractivity contribution in [3.63, 3.8) is 0 Å². The predicted octanol–water partition coefficient (Wildman–Crippen LogP) is 5.71. The quantitative estimate of drug-likeness (QED) is 0.498. The lowest BCUT2D eigenvalue weighted by Gasteiger charge is -2.38. The van der Waals surface area contributed by atoms with Gasteiger partial charge in [0.05, 0.1) is 6.61 Å². The SMILES string of the molecule is C=C1CCC(=C)CC(c2cc(CC)cc(C3(COC)CCOCC3)c2)C1. The van der Waals surface area contributed by atoms with Crippen LogP contribution in [0.3, 0.4) is 0 Å². The summed E-state index contributed by atoms with van der Waals surface area (Å²) in [4.78, 5) is 0. The Morgan fingerprint density at radius 1 is 1.08 bits per heavy atom. The van der Waals surface area contributed by atoms with Crippen LogP contribution in [0, 0.1) is 0 Å². The van der Waals surface area contributed by atoms with Gasteiger partial charge in [0.15, 0.2) is 0 Å². The molecule has 2 fully saturated rings. The number of allylic oxidation sites excluding steroid dienone is 2. The van der Waals surface area contributed by atoms with Crippen LogP contribution in [0.2, 0.25) is 0 Å². The minimum atomic E-state index is 0.0890. The minimum absolute atomic E-state index is 0.0890. The molecule has 1 saturated heterocycles. The van der Waals surface area contributed by atoms with Crippen molar-refractivity contribution in [3.05, 3.63) is 59.2 Å². The van der Waals surface area contributed by atoms with Gasteiger partial charge in [-0.2, -0.15) is 0 Å². The normalized spacial score (nSPS) is 21.6. The second-order valence-corrected chi connectivity index (χ2v) is 8.25. The largest absolute Gasteiger partial charge is 0.384 e. The first-order chi connectivity index (χ1) is 12.6. The van der Waals surface area contributed by atoms with Crippen LogP contribution < -0.4 is 0 Å². The summed E-state index contributed by atoms with van der Waals surface area (Å²) < 4.78 is 11.3. The Kier molecular flexibility index (Phi) is 6.37. The lowest BCUT2D eigenvalue weighted by Crippen LogP contribution is -2.38. The Labute approximate surface area is 159 Å². The molecule has 0 N–H and O–H groups in total. The van der Waals surface area contributed by atoms with Crippen molar-refractivity contribution >= 4 is 0 Å². The number of rotatable bonds is 5. The van der Waals surface area contributed by atoms with Crippen LogP contribution in [-0.4, -0.2) is 26.9 Å². The maximum absolute atomic E-state index is 5.67. The number of aryl methyl sites for hydroxylation is 1. The topological polar surface area (TPSA) is 18.5 Å². The van der Waals surface area contributed by atoms with Crippen molar-refractivity contribution in [3.8, 4) is 0 Å². The molecule has 142 valence electrons. The summed E-state index contributed by atoms with van der Waals surface area (Å²) in [6.45, 7) is 13.3. The van der Waals surface area contributed by atoms with Crippen molar-refractivity contribution in [2.24, 2.45) is 0 Å². The van der Waals surface area contributed by atoms with Crippen molar-refractivity contribution < 1.29 is 9.47 Å². The number of methoxy groups -OCH3 is 1. The molecule has 0 unspecified atom stereocenters. The third-order valence-corrected chi connectivity index (χ3v) is 6.28. The summed E-state index contributed by atoms with van der Waals surface area (Å²) >= 11 is 0. The Bertz CT molecular complexity index is 629. The number of ether oxygens (including phenoxy) is 2. The van der Waals surface area contributed by atoms with Crippen LogP contribution in [0.15, 0.2) is 42.5 Å². The van der Waals surface area contributed by atoms with Gasteiger partial charge in [0.25, 0.3) is 0 Å². The van der Waals surface area contributed by atoms with Gasteiger partial charge in [-0.1, -0.05) is 49.4 Å². The Morgan fingerprint density at radius 2 is 1.73 bits per heavy atom. The molecule has 0 radical (unpaired) electrons. The Morgan fingerprint density at radius 3 is 2.31 bits per heavy atom. The van der Waals surface area contributed by atoms with Crippen LogP contribution in [-0.2, 0) is 21.3 Å². The molecular weight excluding hydrogens is 320 g/mol. The van der Waals surface area contributed by atoms with Gasteiger partial charge in [-0.05, 0) is 67.6 Å². The van der Waals surface area contributed by atoms with E-state index in [1.54, 1.807) is 0 Å². The molecule has 26 heavy (non-hydrogen) atoms. The summed E-state index contributed by atoms with van der Waals surface area (Å²) in [6, 6.07) is 7.29. The molecule has 1 saturated carbocycles. The highest BCUT2D eigenvalue weighted by Crippen LogP contribution is 2.40. The smallest absolute Gasteiger partial charge is 0.0560 e. The van der Waals surface area contributed by atoms with E-state index >= 15 is 0 Å². The molecule has 0 spiro atoms. The maximum atomic E-state index is 5.67. The van der Waals surface area contributed by atoms with E-state index < -0.39 is 0 Å².